The molecule has 0 atom stereocenters. The fourth-order valence-electron chi connectivity index (χ4n) is 3.16. The number of aliphatic imine (C=N–C) groups is 1. The summed E-state index contributed by atoms with van der Waals surface area (Å²) in [7, 11) is 0. The molecule has 2 aromatic carbocycles. The molecular weight excluding hydrogens is 463 g/mol. The van der Waals surface area contributed by atoms with Gasteiger partial charge in [0.1, 0.15) is 5.76 Å². The largest absolute Gasteiger partial charge is 0.361 e. The minimum Gasteiger partial charge on any atom is -0.361 e. The molecule has 0 saturated heterocycles. The second kappa shape index (κ2) is 11.0. The number of halogens is 1. The second-order valence-corrected chi connectivity index (χ2v) is 6.47. The topological polar surface area (TPSA) is 62.5 Å². The van der Waals surface area contributed by atoms with Crippen LogP contribution in [0.3, 0.4) is 0 Å². The summed E-state index contributed by atoms with van der Waals surface area (Å²) in [5.41, 5.74) is 3.36. The fraction of sp³-hybridized carbons (Fsp3) is 0.364. The summed E-state index contributed by atoms with van der Waals surface area (Å²) >= 11 is 0. The van der Waals surface area contributed by atoms with Gasteiger partial charge >= 0.3 is 0 Å². The number of hydrogen-bond acceptors (Lipinski definition) is 3. The van der Waals surface area contributed by atoms with E-state index in [2.05, 4.69) is 79.0 Å². The van der Waals surface area contributed by atoms with Gasteiger partial charge in [0, 0.05) is 25.1 Å². The maximum absolute atomic E-state index is 5.45. The molecule has 1 heterocycles. The zero-order valence-electron chi connectivity index (χ0n) is 16.8. The van der Waals surface area contributed by atoms with Gasteiger partial charge in [-0.3, -0.25) is 0 Å². The molecule has 0 saturated carbocycles. The Balaban J connectivity index is 0.00000280. The van der Waals surface area contributed by atoms with E-state index in [9.17, 15) is 0 Å². The summed E-state index contributed by atoms with van der Waals surface area (Å²) in [5, 5.41) is 13.4. The Labute approximate surface area is 184 Å². The van der Waals surface area contributed by atoms with Crippen LogP contribution in [0, 0.1) is 0 Å². The van der Waals surface area contributed by atoms with Crippen molar-refractivity contribution in [3.8, 4) is 0 Å². The number of hydrogen-bond donors (Lipinski definition) is 2. The van der Waals surface area contributed by atoms with E-state index in [1.807, 2.05) is 0 Å². The Morgan fingerprint density at radius 3 is 2.50 bits per heavy atom. The third kappa shape index (κ3) is 5.47. The van der Waals surface area contributed by atoms with Gasteiger partial charge in [0.15, 0.2) is 5.96 Å². The van der Waals surface area contributed by atoms with Gasteiger partial charge in [-0.2, -0.15) is 0 Å². The van der Waals surface area contributed by atoms with Gasteiger partial charge in [-0.25, -0.2) is 4.99 Å². The maximum Gasteiger partial charge on any atom is 0.191 e. The Morgan fingerprint density at radius 2 is 1.79 bits per heavy atom. The molecule has 2 N–H and O–H groups in total. The molecule has 0 bridgehead atoms. The lowest BCUT2D eigenvalue weighted by Crippen LogP contribution is -2.37. The second-order valence-electron chi connectivity index (χ2n) is 6.47. The smallest absolute Gasteiger partial charge is 0.191 e. The van der Waals surface area contributed by atoms with Gasteiger partial charge in [0.2, 0.25) is 0 Å². The minimum absolute atomic E-state index is 0. The summed E-state index contributed by atoms with van der Waals surface area (Å²) in [5.74, 6) is 1.75. The first-order chi connectivity index (χ1) is 13.2. The summed E-state index contributed by atoms with van der Waals surface area (Å²) in [4.78, 5) is 4.74. The van der Waals surface area contributed by atoms with Crippen LogP contribution in [0.5, 0.6) is 0 Å². The first-order valence-electron chi connectivity index (χ1n) is 9.71. The number of rotatable bonds is 7. The normalized spacial score (nSPS) is 11.3. The maximum atomic E-state index is 5.45. The van der Waals surface area contributed by atoms with Gasteiger partial charge in [0.25, 0.3) is 0 Å². The van der Waals surface area contributed by atoms with Crippen LogP contribution in [0.4, 0.5) is 0 Å². The molecule has 6 heteroatoms. The number of fused-ring (bicyclic) bond motifs is 1. The highest BCUT2D eigenvalue weighted by Gasteiger charge is 2.13. The van der Waals surface area contributed by atoms with Gasteiger partial charge < -0.3 is 15.2 Å². The zero-order valence-corrected chi connectivity index (χ0v) is 19.1. The summed E-state index contributed by atoms with van der Waals surface area (Å²) in [6.45, 7) is 8.36. The molecule has 0 aliphatic rings. The van der Waals surface area contributed by atoms with Gasteiger partial charge in [-0.1, -0.05) is 55.4 Å². The van der Waals surface area contributed by atoms with E-state index in [0.29, 0.717) is 13.1 Å². The lowest BCUT2D eigenvalue weighted by Gasteiger charge is -2.12. The van der Waals surface area contributed by atoms with E-state index < -0.39 is 0 Å². The van der Waals surface area contributed by atoms with Gasteiger partial charge in [0.05, 0.1) is 12.2 Å². The molecule has 0 unspecified atom stereocenters. The predicted octanol–water partition coefficient (Wildman–Crippen LogP) is 4.83. The highest BCUT2D eigenvalue weighted by atomic mass is 127. The molecule has 28 heavy (non-hydrogen) atoms. The monoisotopic (exact) mass is 492 g/mol. The van der Waals surface area contributed by atoms with Crippen LogP contribution in [-0.4, -0.2) is 17.7 Å². The first-order valence-corrected chi connectivity index (χ1v) is 9.71. The number of nitrogens with one attached hydrogen (secondary N) is 2. The van der Waals surface area contributed by atoms with Crippen molar-refractivity contribution in [2.24, 2.45) is 4.99 Å². The van der Waals surface area contributed by atoms with Crippen molar-refractivity contribution in [3.63, 3.8) is 0 Å². The standard InChI is InChI=1S/C22H28N4O.HI/c1-4-20-19(21(5-2)27-26-20)15-25-22(23-6-3)24-14-16-11-12-17-9-7-8-10-18(17)13-16;/h7-13H,4-6,14-15H2,1-3H3,(H2,23,24,25);1H. The van der Waals surface area contributed by atoms with E-state index in [1.54, 1.807) is 0 Å². The number of benzene rings is 2. The van der Waals surface area contributed by atoms with Crippen molar-refractivity contribution >= 4 is 40.7 Å². The molecule has 1 aromatic heterocycles. The molecule has 0 amide bonds. The average molecular weight is 492 g/mol. The van der Waals surface area contributed by atoms with Crippen LogP contribution in [0.2, 0.25) is 0 Å². The molecular formula is C22H29IN4O. The van der Waals surface area contributed by atoms with Crippen LogP contribution in [0.25, 0.3) is 10.8 Å². The van der Waals surface area contributed by atoms with Crippen molar-refractivity contribution in [2.75, 3.05) is 6.54 Å². The molecule has 0 aliphatic heterocycles. The fourth-order valence-corrected chi connectivity index (χ4v) is 3.16. The number of guanidine groups is 1. The molecule has 5 nitrogen and oxygen atoms in total. The zero-order chi connectivity index (χ0) is 19.1. The summed E-state index contributed by atoms with van der Waals surface area (Å²) in [6, 6.07) is 14.9. The third-order valence-electron chi connectivity index (χ3n) is 4.62. The van der Waals surface area contributed by atoms with Crippen LogP contribution < -0.4 is 10.6 Å². The van der Waals surface area contributed by atoms with E-state index in [4.69, 9.17) is 9.52 Å². The highest BCUT2D eigenvalue weighted by Crippen LogP contribution is 2.17. The number of nitrogens with zero attached hydrogens (tertiary/aromatic N) is 2. The SMILES string of the molecule is CCNC(=NCc1ccc2ccccc2c1)NCc1c(CC)noc1CC.I. The van der Waals surface area contributed by atoms with Crippen LogP contribution in [-0.2, 0) is 25.9 Å². The van der Waals surface area contributed by atoms with Crippen molar-refractivity contribution in [3.05, 3.63) is 65.0 Å². The van der Waals surface area contributed by atoms with E-state index in [0.717, 1.165) is 42.4 Å². The van der Waals surface area contributed by atoms with E-state index in [-0.39, 0.29) is 24.0 Å². The Kier molecular flexibility index (Phi) is 8.76. The molecule has 150 valence electrons. The molecule has 0 spiro atoms. The molecule has 3 aromatic rings. The van der Waals surface area contributed by atoms with Crippen molar-refractivity contribution in [1.29, 1.82) is 0 Å². The van der Waals surface area contributed by atoms with Gasteiger partial charge in [-0.05, 0) is 35.7 Å². The van der Waals surface area contributed by atoms with E-state index >= 15 is 0 Å². The van der Waals surface area contributed by atoms with Crippen molar-refractivity contribution in [1.82, 2.24) is 15.8 Å². The quantitative estimate of drug-likeness (QED) is 0.282. The van der Waals surface area contributed by atoms with Crippen LogP contribution >= 0.6 is 24.0 Å². The molecule has 0 radical (unpaired) electrons. The third-order valence-corrected chi connectivity index (χ3v) is 4.62. The molecule has 0 aliphatic carbocycles. The minimum atomic E-state index is 0. The first kappa shape index (κ1) is 22.2. The van der Waals surface area contributed by atoms with Crippen molar-refractivity contribution in [2.45, 2.75) is 46.7 Å². The highest BCUT2D eigenvalue weighted by molar-refractivity contribution is 14.0. The van der Waals surface area contributed by atoms with Crippen molar-refractivity contribution < 1.29 is 4.52 Å². The molecule has 0 fully saturated rings. The van der Waals surface area contributed by atoms with Gasteiger partial charge in [-0.15, -0.1) is 24.0 Å². The lowest BCUT2D eigenvalue weighted by atomic mass is 10.1. The predicted molar refractivity (Wildman–Crippen MR) is 126 cm³/mol. The lowest BCUT2D eigenvalue weighted by molar-refractivity contribution is 0.380. The van der Waals surface area contributed by atoms with E-state index in [1.165, 1.54) is 16.3 Å². The number of aromatic nitrogens is 1. The number of aryl methyl sites for hydroxylation is 2. The Bertz CT molecular complexity index is 898. The average Bonchev–Trinajstić information content (AvgIpc) is 3.12. The summed E-state index contributed by atoms with van der Waals surface area (Å²) in [6.07, 6.45) is 1.71. The Hall–Kier alpha value is -2.09. The van der Waals surface area contributed by atoms with Crippen LogP contribution in [0.15, 0.2) is 52.0 Å². The molecule has 3 rings (SSSR count). The summed E-state index contributed by atoms with van der Waals surface area (Å²) < 4.78 is 5.45. The Morgan fingerprint density at radius 1 is 1.00 bits per heavy atom. The van der Waals surface area contributed by atoms with Crippen LogP contribution in [0.1, 0.15) is 43.4 Å².